The second kappa shape index (κ2) is 7.65. The summed E-state index contributed by atoms with van der Waals surface area (Å²) in [5, 5.41) is 14.8. The molecule has 1 aromatic heterocycles. The van der Waals surface area contributed by atoms with Crippen molar-refractivity contribution in [1.29, 1.82) is 0 Å². The Bertz CT molecular complexity index is 742. The molecule has 132 valence electrons. The topological polar surface area (TPSA) is 109 Å². The van der Waals surface area contributed by atoms with E-state index in [1.807, 2.05) is 0 Å². The Morgan fingerprint density at radius 3 is 2.40 bits per heavy atom. The van der Waals surface area contributed by atoms with Gasteiger partial charge < -0.3 is 20.2 Å². The summed E-state index contributed by atoms with van der Waals surface area (Å²) in [6.45, 7) is 3.16. The Hall–Kier alpha value is -3.09. The maximum absolute atomic E-state index is 12.5. The van der Waals surface area contributed by atoms with Crippen LogP contribution in [0.3, 0.4) is 0 Å². The number of aliphatic carboxylic acids is 1. The fourth-order valence-corrected chi connectivity index (χ4v) is 2.47. The van der Waals surface area contributed by atoms with Crippen LogP contribution in [0.2, 0.25) is 0 Å². The largest absolute Gasteiger partial charge is 0.479 e. The first-order valence-corrected chi connectivity index (χ1v) is 7.84. The van der Waals surface area contributed by atoms with Gasteiger partial charge >= 0.3 is 5.97 Å². The normalized spacial score (nSPS) is 14.2. The van der Waals surface area contributed by atoms with Crippen LogP contribution in [0.5, 0.6) is 0 Å². The molecule has 2 unspecified atom stereocenters. The molecule has 1 heterocycles. The van der Waals surface area contributed by atoms with Gasteiger partial charge in [-0.1, -0.05) is 37.3 Å². The maximum Gasteiger partial charge on any atom is 0.334 e. The molecule has 7 heteroatoms. The van der Waals surface area contributed by atoms with Crippen LogP contribution in [0.25, 0.3) is 0 Å². The standard InChI is InChI=1S/C18H20N2O5/c1-3-18(17(23)24,14-7-5-4-6-8-14)20-15(21)12(2)19-16(22)13-9-10-25-11-13/h4-12H,3H2,1-2H3,(H,19,22)(H,20,21)(H,23,24). The molecule has 0 aliphatic carbocycles. The number of carboxylic acids is 1. The van der Waals surface area contributed by atoms with Gasteiger partial charge in [0.1, 0.15) is 12.3 Å². The summed E-state index contributed by atoms with van der Waals surface area (Å²) in [6.07, 6.45) is 2.76. The monoisotopic (exact) mass is 344 g/mol. The predicted octanol–water partition coefficient (Wildman–Crippen LogP) is 1.90. The quantitative estimate of drug-likeness (QED) is 0.711. The van der Waals surface area contributed by atoms with Gasteiger partial charge in [0.05, 0.1) is 11.8 Å². The summed E-state index contributed by atoms with van der Waals surface area (Å²) >= 11 is 0. The maximum atomic E-state index is 12.5. The molecule has 3 N–H and O–H groups in total. The smallest absolute Gasteiger partial charge is 0.334 e. The van der Waals surface area contributed by atoms with Crippen LogP contribution in [-0.4, -0.2) is 28.9 Å². The first-order valence-electron chi connectivity index (χ1n) is 7.84. The van der Waals surface area contributed by atoms with Crippen molar-refractivity contribution in [3.8, 4) is 0 Å². The van der Waals surface area contributed by atoms with Crippen molar-refractivity contribution in [3.05, 3.63) is 60.1 Å². The Balaban J connectivity index is 2.17. The molecular weight excluding hydrogens is 324 g/mol. The van der Waals surface area contributed by atoms with E-state index in [2.05, 4.69) is 10.6 Å². The van der Waals surface area contributed by atoms with Crippen LogP contribution >= 0.6 is 0 Å². The molecule has 0 saturated heterocycles. The van der Waals surface area contributed by atoms with E-state index < -0.39 is 29.4 Å². The summed E-state index contributed by atoms with van der Waals surface area (Å²) in [6, 6.07) is 9.02. The zero-order valence-corrected chi connectivity index (χ0v) is 14.0. The molecule has 2 rings (SSSR count). The molecule has 0 saturated carbocycles. The first-order chi connectivity index (χ1) is 11.9. The van der Waals surface area contributed by atoms with Gasteiger partial charge in [-0.3, -0.25) is 9.59 Å². The minimum Gasteiger partial charge on any atom is -0.479 e. The van der Waals surface area contributed by atoms with Gasteiger partial charge in [0.25, 0.3) is 5.91 Å². The summed E-state index contributed by atoms with van der Waals surface area (Å²) in [7, 11) is 0. The lowest BCUT2D eigenvalue weighted by Gasteiger charge is -2.31. The number of nitrogens with one attached hydrogen (secondary N) is 2. The minimum atomic E-state index is -1.56. The minimum absolute atomic E-state index is 0.153. The number of furan rings is 1. The van der Waals surface area contributed by atoms with Gasteiger partial charge in [-0.2, -0.15) is 0 Å². The lowest BCUT2D eigenvalue weighted by atomic mass is 9.87. The number of amides is 2. The van der Waals surface area contributed by atoms with Gasteiger partial charge in [0, 0.05) is 0 Å². The molecule has 0 fully saturated rings. The zero-order valence-electron chi connectivity index (χ0n) is 14.0. The molecule has 0 radical (unpaired) electrons. The molecule has 2 aromatic rings. The molecule has 7 nitrogen and oxygen atoms in total. The molecule has 0 aliphatic heterocycles. The number of hydrogen-bond acceptors (Lipinski definition) is 4. The van der Waals surface area contributed by atoms with Gasteiger partial charge in [-0.05, 0) is 25.0 Å². The summed E-state index contributed by atoms with van der Waals surface area (Å²) in [5.74, 6) is -2.23. The highest BCUT2D eigenvalue weighted by molar-refractivity contribution is 5.98. The number of carbonyl (C=O) groups is 3. The van der Waals surface area contributed by atoms with Crippen molar-refractivity contribution >= 4 is 17.8 Å². The second-order valence-electron chi connectivity index (χ2n) is 5.63. The zero-order chi connectivity index (χ0) is 18.4. The van der Waals surface area contributed by atoms with Crippen molar-refractivity contribution in [3.63, 3.8) is 0 Å². The van der Waals surface area contributed by atoms with E-state index in [1.54, 1.807) is 37.3 Å². The van der Waals surface area contributed by atoms with Crippen LogP contribution in [0.15, 0.2) is 53.3 Å². The van der Waals surface area contributed by atoms with E-state index in [0.717, 1.165) is 0 Å². The highest BCUT2D eigenvalue weighted by Crippen LogP contribution is 2.25. The van der Waals surface area contributed by atoms with Crippen LogP contribution in [-0.2, 0) is 15.1 Å². The number of carbonyl (C=O) groups excluding carboxylic acids is 2. The molecule has 0 spiro atoms. The van der Waals surface area contributed by atoms with Crippen molar-refractivity contribution in [2.45, 2.75) is 31.8 Å². The van der Waals surface area contributed by atoms with E-state index in [0.29, 0.717) is 5.56 Å². The van der Waals surface area contributed by atoms with Crippen LogP contribution in [0.4, 0.5) is 0 Å². The van der Waals surface area contributed by atoms with E-state index in [-0.39, 0.29) is 12.0 Å². The number of carboxylic acid groups (broad SMARTS) is 1. The fourth-order valence-electron chi connectivity index (χ4n) is 2.47. The number of rotatable bonds is 7. The molecule has 25 heavy (non-hydrogen) atoms. The van der Waals surface area contributed by atoms with Crippen LogP contribution < -0.4 is 10.6 Å². The average Bonchev–Trinajstić information content (AvgIpc) is 3.14. The van der Waals surface area contributed by atoms with Crippen LogP contribution in [0, 0.1) is 0 Å². The predicted molar refractivity (Wildman–Crippen MR) is 89.8 cm³/mol. The summed E-state index contributed by atoms with van der Waals surface area (Å²) in [5.41, 5.74) is -0.818. The van der Waals surface area contributed by atoms with Crippen molar-refractivity contribution < 1.29 is 23.9 Å². The SMILES string of the molecule is CCC(NC(=O)C(C)NC(=O)c1ccoc1)(C(=O)O)c1ccccc1. The van der Waals surface area contributed by atoms with Gasteiger partial charge in [-0.15, -0.1) is 0 Å². The van der Waals surface area contributed by atoms with Gasteiger partial charge in [0.2, 0.25) is 5.91 Å². The van der Waals surface area contributed by atoms with Crippen LogP contribution in [0.1, 0.15) is 36.2 Å². The fraction of sp³-hybridized carbons (Fsp3) is 0.278. The van der Waals surface area contributed by atoms with E-state index in [4.69, 9.17) is 4.42 Å². The van der Waals surface area contributed by atoms with Crippen molar-refractivity contribution in [1.82, 2.24) is 10.6 Å². The van der Waals surface area contributed by atoms with E-state index >= 15 is 0 Å². The Morgan fingerprint density at radius 1 is 1.20 bits per heavy atom. The summed E-state index contributed by atoms with van der Waals surface area (Å²) in [4.78, 5) is 36.4. The molecule has 0 bridgehead atoms. The Kier molecular flexibility index (Phi) is 5.59. The molecule has 2 atom stereocenters. The number of benzene rings is 1. The van der Waals surface area contributed by atoms with Gasteiger partial charge in [0.15, 0.2) is 5.54 Å². The Labute approximate surface area is 145 Å². The second-order valence-corrected chi connectivity index (χ2v) is 5.63. The van der Waals surface area contributed by atoms with E-state index in [1.165, 1.54) is 25.5 Å². The number of hydrogen-bond donors (Lipinski definition) is 3. The van der Waals surface area contributed by atoms with Crippen molar-refractivity contribution in [2.24, 2.45) is 0 Å². The first kappa shape index (κ1) is 18.3. The Morgan fingerprint density at radius 2 is 1.88 bits per heavy atom. The molecular formula is C18H20N2O5. The highest BCUT2D eigenvalue weighted by atomic mass is 16.4. The van der Waals surface area contributed by atoms with E-state index in [9.17, 15) is 19.5 Å². The highest BCUT2D eigenvalue weighted by Gasteiger charge is 2.41. The summed E-state index contributed by atoms with van der Waals surface area (Å²) < 4.78 is 4.83. The lowest BCUT2D eigenvalue weighted by Crippen LogP contribution is -2.56. The molecule has 1 aromatic carbocycles. The lowest BCUT2D eigenvalue weighted by molar-refractivity contribution is -0.148. The molecule has 0 aliphatic rings. The molecule has 2 amide bonds. The third-order valence-electron chi connectivity index (χ3n) is 4.02. The third-order valence-corrected chi connectivity index (χ3v) is 4.02. The van der Waals surface area contributed by atoms with Gasteiger partial charge in [-0.25, -0.2) is 4.79 Å². The average molecular weight is 344 g/mol. The third kappa shape index (κ3) is 3.88. The van der Waals surface area contributed by atoms with Crippen molar-refractivity contribution in [2.75, 3.05) is 0 Å².